The lowest BCUT2D eigenvalue weighted by Crippen LogP contribution is -2.11. The molecule has 108 valence electrons. The molecule has 4 heteroatoms. The van der Waals surface area contributed by atoms with Gasteiger partial charge in [0, 0.05) is 24.1 Å². The van der Waals surface area contributed by atoms with Crippen LogP contribution in [-0.2, 0) is 18.2 Å². The van der Waals surface area contributed by atoms with E-state index in [1.54, 1.807) is 0 Å². The molecule has 0 saturated carbocycles. The van der Waals surface area contributed by atoms with Gasteiger partial charge < -0.3 is 4.55 Å². The Labute approximate surface area is 124 Å². The summed E-state index contributed by atoms with van der Waals surface area (Å²) in [5.41, 5.74) is 3.21. The highest BCUT2D eigenvalue weighted by atomic mass is 32.2. The molecule has 0 radical (unpaired) electrons. The molecule has 0 aliphatic carbocycles. The number of aryl methyl sites for hydroxylation is 3. The van der Waals surface area contributed by atoms with Gasteiger partial charge in [-0.2, -0.15) is 0 Å². The molecule has 0 spiro atoms. The van der Waals surface area contributed by atoms with E-state index >= 15 is 0 Å². The molecule has 0 aliphatic rings. The van der Waals surface area contributed by atoms with Crippen LogP contribution in [-0.4, -0.2) is 14.1 Å². The smallest absolute Gasteiger partial charge is 0.254 e. The summed E-state index contributed by atoms with van der Waals surface area (Å²) in [6.45, 7) is 10.2. The van der Waals surface area contributed by atoms with Crippen LogP contribution in [0.3, 0.4) is 0 Å². The predicted octanol–water partition coefficient (Wildman–Crippen LogP) is 3.64. The summed E-state index contributed by atoms with van der Waals surface area (Å²) in [6.07, 6.45) is 0. The van der Waals surface area contributed by atoms with Gasteiger partial charge in [0.2, 0.25) is 0 Å². The van der Waals surface area contributed by atoms with E-state index in [2.05, 4.69) is 24.9 Å². The van der Waals surface area contributed by atoms with Crippen LogP contribution in [0.4, 0.5) is 0 Å². The Morgan fingerprint density at radius 3 is 2.15 bits per heavy atom. The molecule has 0 amide bonds. The number of hydrogen-bond donors (Lipinski definition) is 0. The molecule has 1 heterocycles. The van der Waals surface area contributed by atoms with Crippen molar-refractivity contribution < 1.29 is 4.55 Å². The van der Waals surface area contributed by atoms with Crippen molar-refractivity contribution in [3.05, 3.63) is 40.8 Å². The molecule has 3 nitrogen and oxygen atoms in total. The van der Waals surface area contributed by atoms with Crippen molar-refractivity contribution >= 4 is 11.2 Å². The number of hydrogen-bond acceptors (Lipinski definition) is 2. The SMILES string of the molecule is Cc1cc(C)cc([S+]([O-])c2c(C(C)C)nc(C)n2C)c1. The third-order valence-electron chi connectivity index (χ3n) is 3.42. The highest BCUT2D eigenvalue weighted by Gasteiger charge is 2.28. The molecular formula is C16H22N2OS. The molecule has 1 aromatic carbocycles. The summed E-state index contributed by atoms with van der Waals surface area (Å²) in [4.78, 5) is 5.43. The molecule has 2 aromatic rings. The maximum atomic E-state index is 13.0. The summed E-state index contributed by atoms with van der Waals surface area (Å²) in [7, 11) is 1.93. The van der Waals surface area contributed by atoms with Crippen molar-refractivity contribution in [2.45, 2.75) is 50.5 Å². The average Bonchev–Trinajstić information content (AvgIpc) is 2.64. The Kier molecular flexibility index (Phi) is 4.25. The van der Waals surface area contributed by atoms with E-state index in [0.717, 1.165) is 32.6 Å². The highest BCUT2D eigenvalue weighted by molar-refractivity contribution is 7.91. The van der Waals surface area contributed by atoms with Gasteiger partial charge >= 0.3 is 0 Å². The lowest BCUT2D eigenvalue weighted by molar-refractivity contribution is 0.579. The number of benzene rings is 1. The second-order valence-corrected chi connectivity index (χ2v) is 7.05. The molecule has 20 heavy (non-hydrogen) atoms. The molecule has 2 rings (SSSR count). The standard InChI is InChI=1S/C16H22N2OS/c1-10(2)15-16(18(6)13(5)17-15)20(19)14-8-11(3)7-12(4)9-14/h7-10H,1-6H3. The van der Waals surface area contributed by atoms with Gasteiger partial charge in [-0.25, -0.2) is 4.98 Å². The molecule has 1 unspecified atom stereocenters. The van der Waals surface area contributed by atoms with Crippen molar-refractivity contribution in [3.8, 4) is 0 Å². The van der Waals surface area contributed by atoms with Crippen LogP contribution in [0.1, 0.15) is 42.4 Å². The van der Waals surface area contributed by atoms with Crippen LogP contribution in [0.15, 0.2) is 28.1 Å². The Morgan fingerprint density at radius 1 is 1.10 bits per heavy atom. The van der Waals surface area contributed by atoms with Crippen LogP contribution in [0.5, 0.6) is 0 Å². The third-order valence-corrected chi connectivity index (χ3v) is 4.92. The zero-order chi connectivity index (χ0) is 15.0. The van der Waals surface area contributed by atoms with Crippen LogP contribution in [0.2, 0.25) is 0 Å². The van der Waals surface area contributed by atoms with Gasteiger partial charge in [-0.15, -0.1) is 0 Å². The second-order valence-electron chi connectivity index (χ2n) is 5.66. The quantitative estimate of drug-likeness (QED) is 0.810. The van der Waals surface area contributed by atoms with Crippen LogP contribution >= 0.6 is 0 Å². The van der Waals surface area contributed by atoms with E-state index in [0.29, 0.717) is 0 Å². The molecule has 1 atom stereocenters. The molecular weight excluding hydrogens is 268 g/mol. The van der Waals surface area contributed by atoms with Gasteiger partial charge in [0.1, 0.15) is 11.5 Å². The minimum Gasteiger partial charge on any atom is -0.605 e. The van der Waals surface area contributed by atoms with E-state index in [4.69, 9.17) is 0 Å². The maximum absolute atomic E-state index is 13.0. The fourth-order valence-electron chi connectivity index (χ4n) is 2.36. The normalized spacial score (nSPS) is 13.0. The molecule has 0 saturated heterocycles. The Balaban J connectivity index is 2.55. The van der Waals surface area contributed by atoms with Crippen molar-refractivity contribution in [2.24, 2.45) is 7.05 Å². The first kappa shape index (κ1) is 15.1. The van der Waals surface area contributed by atoms with Crippen molar-refractivity contribution in [1.82, 2.24) is 9.55 Å². The van der Waals surface area contributed by atoms with Crippen molar-refractivity contribution in [3.63, 3.8) is 0 Å². The summed E-state index contributed by atoms with van der Waals surface area (Å²) < 4.78 is 14.9. The van der Waals surface area contributed by atoms with E-state index < -0.39 is 11.2 Å². The van der Waals surface area contributed by atoms with Gasteiger partial charge in [0.05, 0.1) is 0 Å². The summed E-state index contributed by atoms with van der Waals surface area (Å²) >= 11 is -1.19. The predicted molar refractivity (Wildman–Crippen MR) is 82.6 cm³/mol. The van der Waals surface area contributed by atoms with Gasteiger partial charge in [0.15, 0.2) is 4.90 Å². The summed E-state index contributed by atoms with van der Waals surface area (Å²) in [6, 6.07) is 6.09. The summed E-state index contributed by atoms with van der Waals surface area (Å²) in [5, 5.41) is 0.822. The van der Waals surface area contributed by atoms with Crippen molar-refractivity contribution in [1.29, 1.82) is 0 Å². The Bertz CT molecular complexity index is 611. The van der Waals surface area contributed by atoms with E-state index in [9.17, 15) is 4.55 Å². The molecule has 0 aliphatic heterocycles. The van der Waals surface area contributed by atoms with Crippen LogP contribution in [0, 0.1) is 20.8 Å². The fourth-order valence-corrected chi connectivity index (χ4v) is 4.02. The Morgan fingerprint density at radius 2 is 1.65 bits per heavy atom. The maximum Gasteiger partial charge on any atom is 0.254 e. The third kappa shape index (κ3) is 2.76. The van der Waals surface area contributed by atoms with Gasteiger partial charge in [-0.3, -0.25) is 4.57 Å². The molecule has 0 fully saturated rings. The molecule has 0 bridgehead atoms. The first-order valence-electron chi connectivity index (χ1n) is 6.84. The first-order chi connectivity index (χ1) is 9.31. The van der Waals surface area contributed by atoms with E-state index in [1.165, 1.54) is 0 Å². The van der Waals surface area contributed by atoms with Gasteiger partial charge in [-0.1, -0.05) is 19.9 Å². The zero-order valence-corrected chi connectivity index (χ0v) is 13.8. The van der Waals surface area contributed by atoms with Crippen LogP contribution < -0.4 is 0 Å². The van der Waals surface area contributed by atoms with E-state index in [-0.39, 0.29) is 5.92 Å². The number of imidazole rings is 1. The van der Waals surface area contributed by atoms with Crippen molar-refractivity contribution in [2.75, 3.05) is 0 Å². The topological polar surface area (TPSA) is 40.9 Å². The summed E-state index contributed by atoms with van der Waals surface area (Å²) in [5.74, 6) is 1.17. The number of aromatic nitrogens is 2. The lowest BCUT2D eigenvalue weighted by atomic mass is 10.1. The first-order valence-corrected chi connectivity index (χ1v) is 7.99. The Hall–Kier alpha value is -1.26. The fraction of sp³-hybridized carbons (Fsp3) is 0.438. The average molecular weight is 290 g/mol. The zero-order valence-electron chi connectivity index (χ0n) is 13.0. The minimum atomic E-state index is -1.19. The largest absolute Gasteiger partial charge is 0.605 e. The monoisotopic (exact) mass is 290 g/mol. The lowest BCUT2D eigenvalue weighted by Gasteiger charge is -2.14. The molecule has 0 N–H and O–H groups in total. The van der Waals surface area contributed by atoms with Gasteiger partial charge in [0.25, 0.3) is 5.03 Å². The second kappa shape index (κ2) is 5.62. The highest BCUT2D eigenvalue weighted by Crippen LogP contribution is 2.29. The van der Waals surface area contributed by atoms with Gasteiger partial charge in [-0.05, 0) is 44.0 Å². The van der Waals surface area contributed by atoms with E-state index in [1.807, 2.05) is 44.5 Å². The van der Waals surface area contributed by atoms with Crippen LogP contribution in [0.25, 0.3) is 0 Å². The number of nitrogens with zero attached hydrogens (tertiary/aromatic N) is 2. The molecule has 1 aromatic heterocycles. The minimum absolute atomic E-state index is 0.264. The number of rotatable bonds is 3.